The molecule has 2 aliphatic heterocycles. The predicted octanol–water partition coefficient (Wildman–Crippen LogP) is -0.844. The summed E-state index contributed by atoms with van der Waals surface area (Å²) in [6, 6.07) is 0.207. The molecule has 0 aromatic heterocycles. The Kier molecular flexibility index (Phi) is 2.51. The van der Waals surface area contributed by atoms with Crippen molar-refractivity contribution in [2.45, 2.75) is 18.9 Å². The Bertz CT molecular complexity index is 201. The zero-order valence-corrected chi connectivity index (χ0v) is 7.83. The van der Waals surface area contributed by atoms with Gasteiger partial charge in [-0.05, 0) is 19.4 Å². The average Bonchev–Trinajstić information content (AvgIpc) is 2.72. The molecule has 2 heterocycles. The summed E-state index contributed by atoms with van der Waals surface area (Å²) >= 11 is 0. The van der Waals surface area contributed by atoms with Crippen molar-refractivity contribution in [1.82, 2.24) is 10.2 Å². The monoisotopic (exact) mass is 183 g/mol. The smallest absolute Gasteiger partial charge is 0.227 e. The number of amides is 1. The van der Waals surface area contributed by atoms with E-state index in [1.54, 1.807) is 0 Å². The van der Waals surface area contributed by atoms with Crippen molar-refractivity contribution in [1.29, 1.82) is 0 Å². The Morgan fingerprint density at radius 2 is 2.31 bits per heavy atom. The van der Waals surface area contributed by atoms with Crippen molar-refractivity contribution in [3.05, 3.63) is 0 Å². The third-order valence-electron chi connectivity index (χ3n) is 2.95. The molecular formula is C9H17N3O. The summed E-state index contributed by atoms with van der Waals surface area (Å²) in [6.07, 6.45) is 1.95. The molecule has 2 atom stereocenters. The molecule has 4 nitrogen and oxygen atoms in total. The number of hydrogen-bond donors (Lipinski definition) is 2. The molecule has 2 fully saturated rings. The number of nitrogens with two attached hydrogens (primary N) is 1. The number of nitrogens with zero attached hydrogens (tertiary/aromatic N) is 1. The Morgan fingerprint density at radius 3 is 2.85 bits per heavy atom. The van der Waals surface area contributed by atoms with Crippen LogP contribution in [0, 0.1) is 5.92 Å². The van der Waals surface area contributed by atoms with Gasteiger partial charge in [-0.15, -0.1) is 0 Å². The Hall–Kier alpha value is -0.610. The summed E-state index contributed by atoms with van der Waals surface area (Å²) in [5.41, 5.74) is 5.75. The quantitative estimate of drug-likeness (QED) is 0.557. The molecular weight excluding hydrogens is 166 g/mol. The van der Waals surface area contributed by atoms with Gasteiger partial charge in [-0.2, -0.15) is 0 Å². The highest BCUT2D eigenvalue weighted by Gasteiger charge is 2.30. The minimum Gasteiger partial charge on any atom is -0.341 e. The maximum atomic E-state index is 11.8. The summed E-state index contributed by atoms with van der Waals surface area (Å²) in [6.45, 7) is 3.45. The topological polar surface area (TPSA) is 58.4 Å². The molecule has 2 saturated heterocycles. The normalized spacial score (nSPS) is 34.1. The first-order chi connectivity index (χ1) is 6.27. The molecule has 0 aromatic carbocycles. The number of nitrogens with one attached hydrogen (secondary N) is 1. The van der Waals surface area contributed by atoms with E-state index in [2.05, 4.69) is 5.32 Å². The lowest BCUT2D eigenvalue weighted by molar-refractivity contribution is -0.133. The standard InChI is InChI=1S/C9H17N3O/c10-8-2-4-12(6-8)9(13)7-1-3-11-5-7/h7-8,11H,1-6,10H2/t7-,8+/m0/s1. The molecule has 3 N–H and O–H groups in total. The van der Waals surface area contributed by atoms with E-state index in [4.69, 9.17) is 5.73 Å². The van der Waals surface area contributed by atoms with Crippen molar-refractivity contribution in [3.8, 4) is 0 Å². The first-order valence-corrected chi connectivity index (χ1v) is 5.02. The number of carbonyl (C=O) groups is 1. The van der Waals surface area contributed by atoms with E-state index in [9.17, 15) is 4.79 Å². The molecule has 2 rings (SSSR count). The van der Waals surface area contributed by atoms with Crippen LogP contribution >= 0.6 is 0 Å². The first kappa shape index (κ1) is 8.97. The summed E-state index contributed by atoms with van der Waals surface area (Å²) in [7, 11) is 0. The maximum Gasteiger partial charge on any atom is 0.227 e. The fourth-order valence-electron chi connectivity index (χ4n) is 2.11. The summed E-state index contributed by atoms with van der Waals surface area (Å²) in [5.74, 6) is 0.517. The summed E-state index contributed by atoms with van der Waals surface area (Å²) < 4.78 is 0. The van der Waals surface area contributed by atoms with Crippen LogP contribution < -0.4 is 11.1 Å². The second kappa shape index (κ2) is 3.64. The first-order valence-electron chi connectivity index (χ1n) is 5.02. The summed E-state index contributed by atoms with van der Waals surface area (Å²) in [5, 5.41) is 3.21. The van der Waals surface area contributed by atoms with Crippen LogP contribution in [-0.4, -0.2) is 43.0 Å². The molecule has 0 aromatic rings. The van der Waals surface area contributed by atoms with Crippen LogP contribution in [0.15, 0.2) is 0 Å². The van der Waals surface area contributed by atoms with E-state index in [1.807, 2.05) is 4.90 Å². The molecule has 13 heavy (non-hydrogen) atoms. The molecule has 0 aliphatic carbocycles. The van der Waals surface area contributed by atoms with Crippen molar-refractivity contribution < 1.29 is 4.79 Å². The second-order valence-electron chi connectivity index (χ2n) is 4.02. The highest BCUT2D eigenvalue weighted by atomic mass is 16.2. The number of carbonyl (C=O) groups excluding carboxylic acids is 1. The third kappa shape index (κ3) is 1.84. The van der Waals surface area contributed by atoms with Gasteiger partial charge < -0.3 is 16.0 Å². The van der Waals surface area contributed by atoms with Crippen molar-refractivity contribution in [2.24, 2.45) is 11.7 Å². The van der Waals surface area contributed by atoms with Gasteiger partial charge in [0.25, 0.3) is 0 Å². The van der Waals surface area contributed by atoms with Gasteiger partial charge in [0.1, 0.15) is 0 Å². The lowest BCUT2D eigenvalue weighted by Crippen LogP contribution is -2.37. The van der Waals surface area contributed by atoms with E-state index >= 15 is 0 Å². The van der Waals surface area contributed by atoms with Crippen LogP contribution in [0.4, 0.5) is 0 Å². The van der Waals surface area contributed by atoms with E-state index in [0.717, 1.165) is 39.0 Å². The van der Waals surface area contributed by atoms with Crippen LogP contribution in [0.2, 0.25) is 0 Å². The lowest BCUT2D eigenvalue weighted by Gasteiger charge is -2.19. The molecule has 0 bridgehead atoms. The highest BCUT2D eigenvalue weighted by molar-refractivity contribution is 5.79. The molecule has 0 saturated carbocycles. The SMILES string of the molecule is N[C@@H]1CCN(C(=O)[C@H]2CCNC2)C1. The Labute approximate surface area is 78.5 Å². The molecule has 4 heteroatoms. The Morgan fingerprint density at radius 1 is 1.46 bits per heavy atom. The zero-order chi connectivity index (χ0) is 9.26. The van der Waals surface area contributed by atoms with Crippen molar-refractivity contribution in [3.63, 3.8) is 0 Å². The van der Waals surface area contributed by atoms with Gasteiger partial charge >= 0.3 is 0 Å². The van der Waals surface area contributed by atoms with Gasteiger partial charge in [0.2, 0.25) is 5.91 Å². The fraction of sp³-hybridized carbons (Fsp3) is 0.889. The molecule has 0 spiro atoms. The lowest BCUT2D eigenvalue weighted by atomic mass is 10.1. The third-order valence-corrected chi connectivity index (χ3v) is 2.95. The van der Waals surface area contributed by atoms with Crippen LogP contribution in [0.5, 0.6) is 0 Å². The highest BCUT2D eigenvalue weighted by Crippen LogP contribution is 2.15. The second-order valence-corrected chi connectivity index (χ2v) is 4.02. The minimum absolute atomic E-state index is 0.207. The van der Waals surface area contributed by atoms with Crippen LogP contribution in [0.25, 0.3) is 0 Å². The van der Waals surface area contributed by atoms with Gasteiger partial charge in [0, 0.05) is 25.7 Å². The van der Waals surface area contributed by atoms with Gasteiger partial charge in [0.15, 0.2) is 0 Å². The average molecular weight is 183 g/mol. The summed E-state index contributed by atoms with van der Waals surface area (Å²) in [4.78, 5) is 13.7. The largest absolute Gasteiger partial charge is 0.341 e. The van der Waals surface area contributed by atoms with Crippen LogP contribution in [-0.2, 0) is 4.79 Å². The van der Waals surface area contributed by atoms with E-state index in [-0.39, 0.29) is 12.0 Å². The Balaban J connectivity index is 1.89. The van der Waals surface area contributed by atoms with Gasteiger partial charge in [-0.1, -0.05) is 0 Å². The molecule has 0 unspecified atom stereocenters. The van der Waals surface area contributed by atoms with Crippen molar-refractivity contribution >= 4 is 5.91 Å². The van der Waals surface area contributed by atoms with Crippen LogP contribution in [0.1, 0.15) is 12.8 Å². The van der Waals surface area contributed by atoms with E-state index < -0.39 is 0 Å². The zero-order valence-electron chi connectivity index (χ0n) is 7.83. The van der Waals surface area contributed by atoms with Gasteiger partial charge in [-0.3, -0.25) is 4.79 Å². The number of likely N-dealkylation sites (tertiary alicyclic amines) is 1. The number of hydrogen-bond acceptors (Lipinski definition) is 3. The van der Waals surface area contributed by atoms with E-state index in [0.29, 0.717) is 5.91 Å². The maximum absolute atomic E-state index is 11.8. The molecule has 1 amide bonds. The number of rotatable bonds is 1. The molecule has 74 valence electrons. The van der Waals surface area contributed by atoms with Crippen molar-refractivity contribution in [2.75, 3.05) is 26.2 Å². The minimum atomic E-state index is 0.207. The van der Waals surface area contributed by atoms with Gasteiger partial charge in [-0.25, -0.2) is 0 Å². The predicted molar refractivity (Wildman–Crippen MR) is 50.1 cm³/mol. The van der Waals surface area contributed by atoms with E-state index in [1.165, 1.54) is 0 Å². The van der Waals surface area contributed by atoms with Gasteiger partial charge in [0.05, 0.1) is 5.92 Å². The fourth-order valence-corrected chi connectivity index (χ4v) is 2.11. The molecule has 2 aliphatic rings. The van der Waals surface area contributed by atoms with Crippen LogP contribution in [0.3, 0.4) is 0 Å². The molecule has 0 radical (unpaired) electrons.